The Labute approximate surface area is 542 Å². The topological polar surface area (TPSA) is 87.2 Å². The molecule has 94 heavy (non-hydrogen) atoms. The summed E-state index contributed by atoms with van der Waals surface area (Å²) in [6, 6.07) is 119. The van der Waals surface area contributed by atoms with Gasteiger partial charge in [-0.15, -0.1) is 0 Å². The Bertz CT molecular complexity index is 5720. The normalized spacial score (nSPS) is 11.4. The van der Waals surface area contributed by atoms with Crippen molar-refractivity contribution >= 4 is 65.2 Å². The maximum atomic E-state index is 4.99. The van der Waals surface area contributed by atoms with Crippen LogP contribution in [-0.4, -0.2) is 39.0 Å². The van der Waals surface area contributed by atoms with E-state index < -0.39 is 0 Å². The van der Waals surface area contributed by atoms with Gasteiger partial charge < -0.3 is 9.13 Å². The molecule has 0 aliphatic carbocycles. The lowest BCUT2D eigenvalue weighted by molar-refractivity contribution is 1.07. The second-order valence-electron chi connectivity index (χ2n) is 23.4. The molecule has 4 aromatic heterocycles. The minimum atomic E-state index is 0.637. The van der Waals surface area contributed by atoms with Crippen LogP contribution >= 0.6 is 0 Å². The Balaban J connectivity index is 0.000000143. The molecule has 0 fully saturated rings. The van der Waals surface area contributed by atoms with Gasteiger partial charge in [0.1, 0.15) is 0 Å². The molecule has 0 aliphatic rings. The Morgan fingerprint density at radius 3 is 0.915 bits per heavy atom. The van der Waals surface area contributed by atoms with E-state index in [1.165, 1.54) is 65.3 Å². The first-order valence-electron chi connectivity index (χ1n) is 31.6. The summed E-state index contributed by atoms with van der Waals surface area (Å²) < 4.78 is 4.72. The maximum Gasteiger partial charge on any atom is 0.164 e. The van der Waals surface area contributed by atoms with Gasteiger partial charge in [-0.1, -0.05) is 279 Å². The molecule has 18 rings (SSSR count). The third kappa shape index (κ3) is 10.3. The zero-order chi connectivity index (χ0) is 62.3. The van der Waals surface area contributed by atoms with Gasteiger partial charge in [-0.05, 0) is 104 Å². The molecule has 0 aliphatic heterocycles. The summed E-state index contributed by atoms with van der Waals surface area (Å²) in [6.07, 6.45) is 0. The fourth-order valence-corrected chi connectivity index (χ4v) is 13.2. The molecule has 0 amide bonds. The van der Waals surface area contributed by atoms with E-state index in [2.05, 4.69) is 228 Å². The number of hydrogen-bond donors (Lipinski definition) is 0. The summed E-state index contributed by atoms with van der Waals surface area (Å²) in [5.74, 6) is 3.88. The van der Waals surface area contributed by atoms with Crippen molar-refractivity contribution in [1.29, 1.82) is 0 Å². The van der Waals surface area contributed by atoms with Gasteiger partial charge in [0.15, 0.2) is 34.9 Å². The fraction of sp³-hybridized carbons (Fsp3) is 0. The van der Waals surface area contributed by atoms with Crippen molar-refractivity contribution in [3.63, 3.8) is 0 Å². The lowest BCUT2D eigenvalue weighted by Crippen LogP contribution is -2.01. The Morgan fingerprint density at radius 1 is 0.170 bits per heavy atom. The molecular formula is C86H56N8. The van der Waals surface area contributed by atoms with Gasteiger partial charge in [-0.2, -0.15) is 0 Å². The lowest BCUT2D eigenvalue weighted by atomic mass is 9.98. The predicted octanol–water partition coefficient (Wildman–Crippen LogP) is 21.6. The summed E-state index contributed by atoms with van der Waals surface area (Å²) >= 11 is 0. The number of hydrogen-bond acceptors (Lipinski definition) is 6. The van der Waals surface area contributed by atoms with Crippen molar-refractivity contribution in [3.05, 3.63) is 340 Å². The summed E-state index contributed by atoms with van der Waals surface area (Å²) in [6.45, 7) is 0. The molecule has 0 unspecified atom stereocenters. The monoisotopic (exact) mass is 1200 g/mol. The highest BCUT2D eigenvalue weighted by atomic mass is 15.1. The van der Waals surface area contributed by atoms with E-state index in [1.807, 2.05) is 121 Å². The summed E-state index contributed by atoms with van der Waals surface area (Å²) in [4.78, 5) is 29.7. The molecule has 0 saturated heterocycles. The van der Waals surface area contributed by atoms with Crippen LogP contribution in [0.5, 0.6) is 0 Å². The SMILES string of the molecule is c1ccc(-c2ccc3c(ccc4c3c3ccccc3n4-c3cccc(-c4nc(-c5ccccc5)nc(-c5ccccc5)n4)c3)c2)cc1.c1ccc(-c2ccc3ccc4c(c3c2)c2ccccc2n4-c2cccc(-c3nc(-c4ccccc4)nc(-c4ccccc4)n3)c2)cc1. The van der Waals surface area contributed by atoms with E-state index in [-0.39, 0.29) is 0 Å². The van der Waals surface area contributed by atoms with E-state index in [4.69, 9.17) is 29.9 Å². The first kappa shape index (κ1) is 55.3. The second-order valence-corrected chi connectivity index (χ2v) is 23.4. The molecule has 14 aromatic carbocycles. The predicted molar refractivity (Wildman–Crippen MR) is 387 cm³/mol. The van der Waals surface area contributed by atoms with E-state index >= 15 is 0 Å². The third-order valence-corrected chi connectivity index (χ3v) is 17.6. The van der Waals surface area contributed by atoms with Gasteiger partial charge in [0, 0.05) is 66.3 Å². The van der Waals surface area contributed by atoms with Crippen molar-refractivity contribution in [2.75, 3.05) is 0 Å². The minimum Gasteiger partial charge on any atom is -0.309 e. The summed E-state index contributed by atoms with van der Waals surface area (Å²) in [7, 11) is 0. The number of fused-ring (bicyclic) bond motifs is 10. The number of benzene rings is 14. The Kier molecular flexibility index (Phi) is 14.0. The van der Waals surface area contributed by atoms with Crippen molar-refractivity contribution in [1.82, 2.24) is 39.0 Å². The van der Waals surface area contributed by atoms with Crippen LogP contribution in [-0.2, 0) is 0 Å². The molecular weight excluding hydrogens is 1150 g/mol. The highest BCUT2D eigenvalue weighted by Crippen LogP contribution is 2.41. The minimum absolute atomic E-state index is 0.637. The van der Waals surface area contributed by atoms with Crippen molar-refractivity contribution in [2.24, 2.45) is 0 Å². The van der Waals surface area contributed by atoms with Crippen LogP contribution in [0.4, 0.5) is 0 Å². The van der Waals surface area contributed by atoms with Gasteiger partial charge in [-0.25, -0.2) is 29.9 Å². The number of nitrogens with zero attached hydrogens (tertiary/aromatic N) is 8. The molecule has 0 spiro atoms. The van der Waals surface area contributed by atoms with Crippen molar-refractivity contribution in [2.45, 2.75) is 0 Å². The first-order valence-corrected chi connectivity index (χ1v) is 31.6. The lowest BCUT2D eigenvalue weighted by Gasteiger charge is -2.12. The second kappa shape index (κ2) is 23.9. The summed E-state index contributed by atoms with van der Waals surface area (Å²) in [5, 5.41) is 9.88. The van der Waals surface area contributed by atoms with Crippen LogP contribution in [0, 0.1) is 0 Å². The molecule has 0 atom stereocenters. The zero-order valence-corrected chi connectivity index (χ0v) is 50.9. The number of aromatic nitrogens is 8. The van der Waals surface area contributed by atoms with Crippen LogP contribution in [0.25, 0.3) is 167 Å². The van der Waals surface area contributed by atoms with E-state index in [0.717, 1.165) is 66.8 Å². The zero-order valence-electron chi connectivity index (χ0n) is 50.9. The molecule has 18 aromatic rings. The quantitative estimate of drug-likeness (QED) is 0.136. The van der Waals surface area contributed by atoms with Gasteiger partial charge in [0.25, 0.3) is 0 Å². The molecule has 0 saturated carbocycles. The Hall–Kier alpha value is -12.8. The van der Waals surface area contributed by atoms with Gasteiger partial charge in [0.05, 0.1) is 22.1 Å². The van der Waals surface area contributed by atoms with Crippen LogP contribution in [0.3, 0.4) is 0 Å². The van der Waals surface area contributed by atoms with Crippen LogP contribution in [0.2, 0.25) is 0 Å². The van der Waals surface area contributed by atoms with Crippen LogP contribution < -0.4 is 0 Å². The fourth-order valence-electron chi connectivity index (χ4n) is 13.2. The van der Waals surface area contributed by atoms with Gasteiger partial charge in [0.2, 0.25) is 0 Å². The Morgan fingerprint density at radius 2 is 0.489 bits per heavy atom. The van der Waals surface area contributed by atoms with E-state index in [0.29, 0.717) is 34.9 Å². The van der Waals surface area contributed by atoms with E-state index in [9.17, 15) is 0 Å². The molecule has 4 heterocycles. The first-order chi connectivity index (χ1) is 46.6. The van der Waals surface area contributed by atoms with Gasteiger partial charge in [-0.3, -0.25) is 0 Å². The van der Waals surface area contributed by atoms with E-state index in [1.54, 1.807) is 0 Å². The highest BCUT2D eigenvalue weighted by molar-refractivity contribution is 6.23. The molecule has 8 heteroatoms. The molecule has 0 N–H and O–H groups in total. The maximum absolute atomic E-state index is 4.99. The van der Waals surface area contributed by atoms with Crippen molar-refractivity contribution in [3.8, 4) is 102 Å². The standard InChI is InChI=1S/2C43H28N4/c1-4-13-29(14-5-1)32-23-25-36-33(27-32)24-26-39-40(36)37-21-10-11-22-38(37)47(39)35-20-12-19-34(28-35)43-45-41(30-15-6-2-7-16-30)44-42(46-43)31-17-8-3-9-18-31;1-4-13-29(14-5-1)33-24-23-30-25-26-39-40(37(30)28-33)36-21-10-11-22-38(36)47(39)35-20-12-19-34(27-35)43-45-41(31-15-6-2-7-16-31)44-42(46-43)32-17-8-3-9-18-32/h2*1-28H. The average molecular weight is 1200 g/mol. The average Bonchev–Trinajstić information content (AvgIpc) is 1.58. The van der Waals surface area contributed by atoms with Crippen molar-refractivity contribution < 1.29 is 0 Å². The largest absolute Gasteiger partial charge is 0.309 e. The third-order valence-electron chi connectivity index (χ3n) is 17.6. The molecule has 0 radical (unpaired) electrons. The molecule has 0 bridgehead atoms. The van der Waals surface area contributed by atoms with Crippen LogP contribution in [0.1, 0.15) is 0 Å². The van der Waals surface area contributed by atoms with Gasteiger partial charge >= 0.3 is 0 Å². The number of rotatable bonds is 10. The molecule has 440 valence electrons. The highest BCUT2D eigenvalue weighted by Gasteiger charge is 2.21. The molecule has 8 nitrogen and oxygen atoms in total. The summed E-state index contributed by atoms with van der Waals surface area (Å²) in [5.41, 5.74) is 17.3. The number of para-hydroxylation sites is 2. The smallest absolute Gasteiger partial charge is 0.164 e. The van der Waals surface area contributed by atoms with Crippen LogP contribution in [0.15, 0.2) is 340 Å².